The summed E-state index contributed by atoms with van der Waals surface area (Å²) in [6.45, 7) is 5.45. The molecule has 0 bridgehead atoms. The maximum absolute atomic E-state index is 13.4. The molecule has 1 aromatic rings. The third-order valence-electron chi connectivity index (χ3n) is 1.80. The Hall–Kier alpha value is -0.550. The Bertz CT molecular complexity index is 420. The van der Waals surface area contributed by atoms with Crippen molar-refractivity contribution in [1.29, 1.82) is 0 Å². The molecule has 0 N–H and O–H groups in total. The van der Waals surface area contributed by atoms with Crippen LogP contribution in [0.5, 0.6) is 0 Å². The highest BCUT2D eigenvalue weighted by Gasteiger charge is 2.18. The van der Waals surface area contributed by atoms with Gasteiger partial charge in [0, 0.05) is 16.3 Å². The molecule has 0 radical (unpaired) electrons. The van der Waals surface area contributed by atoms with Crippen LogP contribution in [0.3, 0.4) is 0 Å². The van der Waals surface area contributed by atoms with Gasteiger partial charge in [-0.1, -0.05) is 22.0 Å². The van der Waals surface area contributed by atoms with Crippen molar-refractivity contribution in [2.24, 2.45) is 4.40 Å². The Balaban J connectivity index is 2.98. The van der Waals surface area contributed by atoms with Crippen LogP contribution in [0, 0.1) is 5.82 Å². The summed E-state index contributed by atoms with van der Waals surface area (Å²) in [7, 11) is -1.37. The Morgan fingerprint density at radius 3 is 2.56 bits per heavy atom. The number of nitrogens with zero attached hydrogens (tertiary/aromatic N) is 1. The van der Waals surface area contributed by atoms with E-state index in [1.54, 1.807) is 12.1 Å². The van der Waals surface area contributed by atoms with Crippen molar-refractivity contribution in [1.82, 2.24) is 0 Å². The average Bonchev–Trinajstić information content (AvgIpc) is 2.15. The van der Waals surface area contributed by atoms with E-state index < -0.39 is 15.7 Å². The SMILES string of the molecule is CC(C)(C)S(=O)N=Cc1c(F)cccc1Br. The third-order valence-corrected chi connectivity index (χ3v) is 3.84. The van der Waals surface area contributed by atoms with Gasteiger partial charge in [-0.3, -0.25) is 0 Å². The molecule has 0 spiro atoms. The summed E-state index contributed by atoms with van der Waals surface area (Å²) < 4.78 is 29.0. The molecule has 0 aromatic heterocycles. The van der Waals surface area contributed by atoms with Crippen molar-refractivity contribution in [3.63, 3.8) is 0 Å². The first-order valence-corrected chi connectivity index (χ1v) is 6.62. The molecule has 0 aliphatic rings. The fraction of sp³-hybridized carbons (Fsp3) is 0.364. The van der Waals surface area contributed by atoms with E-state index in [1.165, 1.54) is 12.3 Å². The van der Waals surface area contributed by atoms with E-state index in [4.69, 9.17) is 0 Å². The largest absolute Gasteiger partial charge is 0.234 e. The molecule has 0 fully saturated rings. The Morgan fingerprint density at radius 1 is 1.44 bits per heavy atom. The van der Waals surface area contributed by atoms with Crippen molar-refractivity contribution in [2.75, 3.05) is 0 Å². The van der Waals surface area contributed by atoms with E-state index in [9.17, 15) is 8.60 Å². The average molecular weight is 306 g/mol. The van der Waals surface area contributed by atoms with Crippen LogP contribution in [-0.2, 0) is 11.0 Å². The van der Waals surface area contributed by atoms with Crippen molar-refractivity contribution >= 4 is 33.1 Å². The quantitative estimate of drug-likeness (QED) is 0.769. The highest BCUT2D eigenvalue weighted by Crippen LogP contribution is 2.18. The predicted octanol–water partition coefficient (Wildman–Crippen LogP) is 3.47. The Morgan fingerprint density at radius 2 is 2.06 bits per heavy atom. The van der Waals surface area contributed by atoms with Gasteiger partial charge in [-0.25, -0.2) is 8.60 Å². The highest BCUT2D eigenvalue weighted by molar-refractivity contribution is 9.10. The van der Waals surface area contributed by atoms with Gasteiger partial charge in [-0.05, 0) is 32.9 Å². The molecule has 16 heavy (non-hydrogen) atoms. The second-order valence-corrected chi connectivity index (χ2v) is 7.02. The van der Waals surface area contributed by atoms with Gasteiger partial charge in [-0.2, -0.15) is 4.40 Å². The molecule has 1 unspecified atom stereocenters. The monoisotopic (exact) mass is 305 g/mol. The van der Waals surface area contributed by atoms with Crippen molar-refractivity contribution in [3.8, 4) is 0 Å². The smallest absolute Gasteiger partial charge is 0.144 e. The van der Waals surface area contributed by atoms with Gasteiger partial charge in [0.15, 0.2) is 0 Å². The van der Waals surface area contributed by atoms with Gasteiger partial charge in [0.2, 0.25) is 0 Å². The van der Waals surface area contributed by atoms with Gasteiger partial charge < -0.3 is 0 Å². The predicted molar refractivity (Wildman–Crippen MR) is 69.6 cm³/mol. The normalized spacial score (nSPS) is 14.3. The van der Waals surface area contributed by atoms with Gasteiger partial charge in [0.05, 0.1) is 4.75 Å². The molecular weight excluding hydrogens is 293 g/mol. The van der Waals surface area contributed by atoms with Crippen LogP contribution in [0.4, 0.5) is 4.39 Å². The zero-order chi connectivity index (χ0) is 12.3. The van der Waals surface area contributed by atoms with E-state index in [-0.39, 0.29) is 5.82 Å². The molecule has 2 nitrogen and oxygen atoms in total. The standard InChI is InChI=1S/C11H13BrFNOS/c1-11(2,3)16(15)14-7-8-9(12)5-4-6-10(8)13/h4-7H,1-3H3. The van der Waals surface area contributed by atoms with E-state index >= 15 is 0 Å². The lowest BCUT2D eigenvalue weighted by molar-refractivity contribution is 0.625. The summed E-state index contributed by atoms with van der Waals surface area (Å²) in [5, 5.41) is 0. The summed E-state index contributed by atoms with van der Waals surface area (Å²) >= 11 is 3.22. The van der Waals surface area contributed by atoms with Gasteiger partial charge in [0.1, 0.15) is 16.8 Å². The van der Waals surface area contributed by atoms with Gasteiger partial charge in [-0.15, -0.1) is 0 Å². The molecule has 0 amide bonds. The number of halogens is 2. The maximum Gasteiger partial charge on any atom is 0.144 e. The lowest BCUT2D eigenvalue weighted by atomic mass is 10.2. The molecule has 0 saturated heterocycles. The minimum absolute atomic E-state index is 0.320. The molecule has 0 heterocycles. The number of hydrogen-bond acceptors (Lipinski definition) is 1. The fourth-order valence-corrected chi connectivity index (χ4v) is 1.85. The Labute approximate surface area is 106 Å². The van der Waals surface area contributed by atoms with Crippen LogP contribution in [-0.4, -0.2) is 15.2 Å². The number of hydrogen-bond donors (Lipinski definition) is 0. The van der Waals surface area contributed by atoms with Gasteiger partial charge in [0.25, 0.3) is 0 Å². The molecule has 1 rings (SSSR count). The second-order valence-electron chi connectivity index (χ2n) is 4.23. The first kappa shape index (κ1) is 13.5. The minimum Gasteiger partial charge on any atom is -0.234 e. The van der Waals surface area contributed by atoms with E-state index in [0.29, 0.717) is 10.0 Å². The van der Waals surface area contributed by atoms with Gasteiger partial charge >= 0.3 is 0 Å². The third kappa shape index (κ3) is 3.49. The van der Waals surface area contributed by atoms with Crippen molar-refractivity contribution in [2.45, 2.75) is 25.5 Å². The molecule has 5 heteroatoms. The minimum atomic E-state index is -1.37. The summed E-state index contributed by atoms with van der Waals surface area (Å²) in [5.74, 6) is -0.385. The van der Waals surface area contributed by atoms with Crippen molar-refractivity contribution in [3.05, 3.63) is 34.1 Å². The lowest BCUT2D eigenvalue weighted by Gasteiger charge is -2.12. The molecular formula is C11H13BrFNOS. The van der Waals surface area contributed by atoms with Crippen molar-refractivity contribution < 1.29 is 8.60 Å². The van der Waals surface area contributed by atoms with Crippen LogP contribution < -0.4 is 0 Å². The molecule has 1 atom stereocenters. The molecule has 0 aliphatic heterocycles. The highest BCUT2D eigenvalue weighted by atomic mass is 79.9. The second kappa shape index (κ2) is 5.19. The van der Waals surface area contributed by atoms with Crippen LogP contribution in [0.2, 0.25) is 0 Å². The first-order valence-electron chi connectivity index (χ1n) is 4.72. The maximum atomic E-state index is 13.4. The van der Waals surface area contributed by atoms with E-state index in [0.717, 1.165) is 0 Å². The van der Waals surface area contributed by atoms with Crippen LogP contribution in [0.15, 0.2) is 27.1 Å². The summed E-state index contributed by atoms with van der Waals surface area (Å²) in [6.07, 6.45) is 1.31. The topological polar surface area (TPSA) is 29.4 Å². The number of benzene rings is 1. The van der Waals surface area contributed by atoms with Crippen LogP contribution >= 0.6 is 15.9 Å². The summed E-state index contributed by atoms with van der Waals surface area (Å²) in [5.41, 5.74) is 0.320. The zero-order valence-corrected chi connectivity index (χ0v) is 11.7. The molecule has 88 valence electrons. The first-order chi connectivity index (χ1) is 7.32. The zero-order valence-electron chi connectivity index (χ0n) is 9.33. The molecule has 1 aromatic carbocycles. The van der Waals surface area contributed by atoms with Crippen LogP contribution in [0.25, 0.3) is 0 Å². The van der Waals surface area contributed by atoms with E-state index in [2.05, 4.69) is 20.3 Å². The molecule has 0 saturated carbocycles. The number of rotatable bonds is 2. The summed E-state index contributed by atoms with van der Waals surface area (Å²) in [6, 6.07) is 4.65. The fourth-order valence-electron chi connectivity index (χ4n) is 0.893. The van der Waals surface area contributed by atoms with Crippen LogP contribution in [0.1, 0.15) is 26.3 Å². The lowest BCUT2D eigenvalue weighted by Crippen LogP contribution is -2.19. The summed E-state index contributed by atoms with van der Waals surface area (Å²) in [4.78, 5) is 0. The van der Waals surface area contributed by atoms with E-state index in [1.807, 2.05) is 20.8 Å². The molecule has 0 aliphatic carbocycles. The Kier molecular flexibility index (Phi) is 4.38.